The molecule has 0 aromatic rings. The van der Waals surface area contributed by atoms with Crippen LogP contribution in [0.3, 0.4) is 0 Å². The van der Waals surface area contributed by atoms with Crippen molar-refractivity contribution in [1.29, 1.82) is 0 Å². The first-order valence-corrected chi connectivity index (χ1v) is 3.43. The molecule has 0 fully saturated rings. The average molecular weight is 128 g/mol. The second-order valence-corrected chi connectivity index (χ2v) is 2.84. The van der Waals surface area contributed by atoms with Crippen molar-refractivity contribution in [2.75, 3.05) is 6.61 Å². The van der Waals surface area contributed by atoms with Crippen LogP contribution in [0.1, 0.15) is 27.2 Å². The second-order valence-electron chi connectivity index (χ2n) is 2.84. The van der Waals surface area contributed by atoms with Crippen LogP contribution in [0.5, 0.6) is 0 Å². The Labute approximate surface area is 57.4 Å². The summed E-state index contributed by atoms with van der Waals surface area (Å²) in [4.78, 5) is 0. The Balaban J connectivity index is 3.43. The smallest absolute Gasteiger partial charge is 0.0639 e. The third-order valence-corrected chi connectivity index (χ3v) is 1.19. The maximum Gasteiger partial charge on any atom is 0.0639 e. The van der Waals surface area contributed by atoms with Crippen molar-refractivity contribution < 1.29 is 5.11 Å². The Hall–Kier alpha value is -0.300. The van der Waals surface area contributed by atoms with Crippen molar-refractivity contribution in [2.45, 2.75) is 27.2 Å². The number of aliphatic hydroxyl groups excluding tert-OH is 1. The van der Waals surface area contributed by atoms with E-state index >= 15 is 0 Å². The van der Waals surface area contributed by atoms with E-state index in [9.17, 15) is 0 Å². The van der Waals surface area contributed by atoms with Crippen LogP contribution in [-0.4, -0.2) is 11.7 Å². The molecule has 0 aromatic carbocycles. The molecule has 0 unspecified atom stereocenters. The second kappa shape index (κ2) is 4.57. The van der Waals surface area contributed by atoms with Gasteiger partial charge in [0.1, 0.15) is 0 Å². The molecule has 1 N–H and O–H groups in total. The standard InChI is InChI=1S/C8H16O/c1-7(2)4-5-8(3)6-9/h5,7,9H,4,6H2,1-3H3. The highest BCUT2D eigenvalue weighted by Gasteiger charge is 1.89. The van der Waals surface area contributed by atoms with Gasteiger partial charge in [0, 0.05) is 0 Å². The third-order valence-electron chi connectivity index (χ3n) is 1.19. The van der Waals surface area contributed by atoms with E-state index in [1.165, 1.54) is 0 Å². The van der Waals surface area contributed by atoms with E-state index in [-0.39, 0.29) is 6.61 Å². The molecule has 0 aliphatic heterocycles. The maximum absolute atomic E-state index is 8.58. The fourth-order valence-corrected chi connectivity index (χ4v) is 0.501. The van der Waals surface area contributed by atoms with Crippen molar-refractivity contribution in [3.63, 3.8) is 0 Å². The van der Waals surface area contributed by atoms with Crippen molar-refractivity contribution >= 4 is 0 Å². The number of hydrogen-bond acceptors (Lipinski definition) is 1. The summed E-state index contributed by atoms with van der Waals surface area (Å²) in [6, 6.07) is 0. The van der Waals surface area contributed by atoms with Gasteiger partial charge in [-0.15, -0.1) is 0 Å². The van der Waals surface area contributed by atoms with E-state index in [0.717, 1.165) is 12.0 Å². The van der Waals surface area contributed by atoms with Gasteiger partial charge < -0.3 is 5.11 Å². The first-order chi connectivity index (χ1) is 4.16. The van der Waals surface area contributed by atoms with Crippen molar-refractivity contribution in [2.24, 2.45) is 5.92 Å². The Morgan fingerprint density at radius 2 is 2.11 bits per heavy atom. The lowest BCUT2D eigenvalue weighted by Crippen LogP contribution is -1.87. The van der Waals surface area contributed by atoms with Gasteiger partial charge in [-0.1, -0.05) is 25.5 Å². The summed E-state index contributed by atoms with van der Waals surface area (Å²) in [6.45, 7) is 6.48. The molecule has 0 spiro atoms. The minimum absolute atomic E-state index is 0.201. The zero-order chi connectivity index (χ0) is 7.28. The summed E-state index contributed by atoms with van der Waals surface area (Å²) in [5.74, 6) is 0.700. The molecule has 0 aromatic heterocycles. The molecule has 1 heteroatoms. The van der Waals surface area contributed by atoms with E-state index in [4.69, 9.17) is 5.11 Å². The molecule has 0 rings (SSSR count). The largest absolute Gasteiger partial charge is 0.392 e. The van der Waals surface area contributed by atoms with E-state index in [0.29, 0.717) is 5.92 Å². The lowest BCUT2D eigenvalue weighted by molar-refractivity contribution is 0.330. The molecular formula is C8H16O. The summed E-state index contributed by atoms with van der Waals surface area (Å²) in [5.41, 5.74) is 1.07. The molecule has 0 bridgehead atoms. The molecule has 0 aliphatic rings. The lowest BCUT2D eigenvalue weighted by atomic mass is 10.1. The van der Waals surface area contributed by atoms with Crippen LogP contribution in [-0.2, 0) is 0 Å². The molecule has 0 radical (unpaired) electrons. The Kier molecular flexibility index (Phi) is 4.41. The van der Waals surface area contributed by atoms with Crippen molar-refractivity contribution in [1.82, 2.24) is 0 Å². The number of hydrogen-bond donors (Lipinski definition) is 1. The van der Waals surface area contributed by atoms with Crippen molar-refractivity contribution in [3.05, 3.63) is 11.6 Å². The molecule has 0 heterocycles. The van der Waals surface area contributed by atoms with Crippen LogP contribution < -0.4 is 0 Å². The van der Waals surface area contributed by atoms with Gasteiger partial charge in [-0.2, -0.15) is 0 Å². The SMILES string of the molecule is CC(=CCC(C)C)CO. The molecule has 0 amide bonds. The van der Waals surface area contributed by atoms with Crippen molar-refractivity contribution in [3.8, 4) is 0 Å². The fraction of sp³-hybridized carbons (Fsp3) is 0.750. The Morgan fingerprint density at radius 1 is 1.56 bits per heavy atom. The molecule has 0 saturated heterocycles. The summed E-state index contributed by atoms with van der Waals surface area (Å²) in [6.07, 6.45) is 3.16. The minimum Gasteiger partial charge on any atom is -0.392 e. The average Bonchev–Trinajstić information content (AvgIpc) is 1.83. The first kappa shape index (κ1) is 8.70. The lowest BCUT2D eigenvalue weighted by Gasteiger charge is -1.98. The topological polar surface area (TPSA) is 20.2 Å². The van der Waals surface area contributed by atoms with Gasteiger partial charge in [0.15, 0.2) is 0 Å². The molecule has 1 nitrogen and oxygen atoms in total. The highest BCUT2D eigenvalue weighted by atomic mass is 16.3. The molecule has 54 valence electrons. The van der Waals surface area contributed by atoms with E-state index in [1.54, 1.807) is 0 Å². The maximum atomic E-state index is 8.58. The molecule has 0 aliphatic carbocycles. The van der Waals surface area contributed by atoms with Gasteiger partial charge in [-0.25, -0.2) is 0 Å². The third kappa shape index (κ3) is 5.57. The highest BCUT2D eigenvalue weighted by molar-refractivity contribution is 4.97. The van der Waals surface area contributed by atoms with E-state index in [2.05, 4.69) is 19.9 Å². The van der Waals surface area contributed by atoms with Gasteiger partial charge in [0.05, 0.1) is 6.61 Å². The first-order valence-electron chi connectivity index (χ1n) is 3.43. The summed E-state index contributed by atoms with van der Waals surface area (Å²) >= 11 is 0. The zero-order valence-corrected chi connectivity index (χ0v) is 6.52. The predicted molar refractivity (Wildman–Crippen MR) is 40.3 cm³/mol. The molecule has 0 atom stereocenters. The molecule has 9 heavy (non-hydrogen) atoms. The van der Waals surface area contributed by atoms with Crippen LogP contribution in [0.2, 0.25) is 0 Å². The van der Waals surface area contributed by atoms with Gasteiger partial charge in [-0.3, -0.25) is 0 Å². The summed E-state index contributed by atoms with van der Waals surface area (Å²) in [5, 5.41) is 8.58. The molecular weight excluding hydrogens is 112 g/mol. The molecule has 0 saturated carbocycles. The van der Waals surface area contributed by atoms with Crippen LogP contribution >= 0.6 is 0 Å². The van der Waals surface area contributed by atoms with Gasteiger partial charge in [0.2, 0.25) is 0 Å². The quantitative estimate of drug-likeness (QED) is 0.576. The number of aliphatic hydroxyl groups is 1. The van der Waals surface area contributed by atoms with Crippen LogP contribution in [0.4, 0.5) is 0 Å². The summed E-state index contributed by atoms with van der Waals surface area (Å²) in [7, 11) is 0. The van der Waals surface area contributed by atoms with Crippen LogP contribution in [0, 0.1) is 5.92 Å². The summed E-state index contributed by atoms with van der Waals surface area (Å²) < 4.78 is 0. The Bertz CT molecular complexity index is 92.7. The Morgan fingerprint density at radius 3 is 2.44 bits per heavy atom. The van der Waals surface area contributed by atoms with Crippen LogP contribution in [0.25, 0.3) is 0 Å². The monoisotopic (exact) mass is 128 g/mol. The highest BCUT2D eigenvalue weighted by Crippen LogP contribution is 2.02. The van der Waals surface area contributed by atoms with Gasteiger partial charge in [-0.05, 0) is 19.3 Å². The van der Waals surface area contributed by atoms with E-state index in [1.807, 2.05) is 6.92 Å². The van der Waals surface area contributed by atoms with Crippen LogP contribution in [0.15, 0.2) is 11.6 Å². The van der Waals surface area contributed by atoms with Gasteiger partial charge in [0.25, 0.3) is 0 Å². The normalized spacial score (nSPS) is 12.8. The van der Waals surface area contributed by atoms with E-state index < -0.39 is 0 Å². The number of rotatable bonds is 3. The predicted octanol–water partition coefficient (Wildman–Crippen LogP) is 1.97. The number of allylic oxidation sites excluding steroid dienone is 1. The van der Waals surface area contributed by atoms with Gasteiger partial charge >= 0.3 is 0 Å². The minimum atomic E-state index is 0.201. The fourth-order valence-electron chi connectivity index (χ4n) is 0.501. The zero-order valence-electron chi connectivity index (χ0n) is 6.52.